The highest BCUT2D eigenvalue weighted by Crippen LogP contribution is 2.22. The largest absolute Gasteiger partial charge is 0.378 e. The molecular weight excluding hydrogens is 280 g/mol. The maximum atomic E-state index is 12.1. The highest BCUT2D eigenvalue weighted by molar-refractivity contribution is 5.93. The number of carbonyl (C=O) groups excluding carboxylic acids is 1. The van der Waals surface area contributed by atoms with Crippen LogP contribution in [-0.2, 0) is 9.53 Å². The minimum absolute atomic E-state index is 0.00189. The summed E-state index contributed by atoms with van der Waals surface area (Å²) in [5.41, 5.74) is 1.84. The van der Waals surface area contributed by atoms with E-state index in [4.69, 9.17) is 4.74 Å². The predicted molar refractivity (Wildman–Crippen MR) is 86.0 cm³/mol. The van der Waals surface area contributed by atoms with E-state index in [0.717, 1.165) is 23.1 Å². The SMILES string of the molecule is CC(C)n1ncc2ccc(NC(=O)CC3COCCN3)cc21. The molecule has 0 radical (unpaired) electrons. The maximum absolute atomic E-state index is 12.1. The van der Waals surface area contributed by atoms with Crippen molar-refractivity contribution in [3.8, 4) is 0 Å². The minimum Gasteiger partial charge on any atom is -0.378 e. The zero-order valence-corrected chi connectivity index (χ0v) is 13.0. The van der Waals surface area contributed by atoms with Crippen molar-refractivity contribution in [2.75, 3.05) is 25.1 Å². The summed E-state index contributed by atoms with van der Waals surface area (Å²) >= 11 is 0. The summed E-state index contributed by atoms with van der Waals surface area (Å²) in [6.07, 6.45) is 2.27. The molecule has 6 heteroatoms. The van der Waals surface area contributed by atoms with Crippen LogP contribution < -0.4 is 10.6 Å². The molecule has 2 aromatic rings. The van der Waals surface area contributed by atoms with Gasteiger partial charge in [-0.05, 0) is 32.0 Å². The van der Waals surface area contributed by atoms with Crippen LogP contribution in [0.3, 0.4) is 0 Å². The lowest BCUT2D eigenvalue weighted by Gasteiger charge is -2.23. The smallest absolute Gasteiger partial charge is 0.226 e. The predicted octanol–water partition coefficient (Wildman–Crippen LogP) is 1.93. The first-order chi connectivity index (χ1) is 10.6. The highest BCUT2D eigenvalue weighted by Gasteiger charge is 2.17. The molecule has 1 fully saturated rings. The van der Waals surface area contributed by atoms with E-state index in [1.54, 1.807) is 0 Å². The van der Waals surface area contributed by atoms with Gasteiger partial charge in [0, 0.05) is 36.1 Å². The van der Waals surface area contributed by atoms with E-state index in [2.05, 4.69) is 29.6 Å². The summed E-state index contributed by atoms with van der Waals surface area (Å²) in [6.45, 7) is 6.29. The molecule has 6 nitrogen and oxygen atoms in total. The maximum Gasteiger partial charge on any atom is 0.226 e. The number of aromatic nitrogens is 2. The van der Waals surface area contributed by atoms with Crippen LogP contribution in [0.15, 0.2) is 24.4 Å². The lowest BCUT2D eigenvalue weighted by Crippen LogP contribution is -2.43. The summed E-state index contributed by atoms with van der Waals surface area (Å²) in [5, 5.41) is 11.7. The molecule has 3 rings (SSSR count). The molecule has 2 N–H and O–H groups in total. The molecule has 0 saturated carbocycles. The topological polar surface area (TPSA) is 68.2 Å². The Morgan fingerprint density at radius 2 is 2.41 bits per heavy atom. The van der Waals surface area contributed by atoms with Crippen molar-refractivity contribution in [1.82, 2.24) is 15.1 Å². The number of anilines is 1. The number of nitrogens with one attached hydrogen (secondary N) is 2. The van der Waals surface area contributed by atoms with Crippen LogP contribution in [0.4, 0.5) is 5.69 Å². The average Bonchev–Trinajstić information content (AvgIpc) is 2.91. The second-order valence-corrected chi connectivity index (χ2v) is 5.93. The third-order valence-electron chi connectivity index (χ3n) is 3.80. The van der Waals surface area contributed by atoms with Crippen LogP contribution in [0.5, 0.6) is 0 Å². The molecule has 2 heterocycles. The molecule has 0 bridgehead atoms. The van der Waals surface area contributed by atoms with E-state index in [1.807, 2.05) is 29.1 Å². The van der Waals surface area contributed by atoms with Crippen molar-refractivity contribution in [3.05, 3.63) is 24.4 Å². The van der Waals surface area contributed by atoms with Crippen LogP contribution in [-0.4, -0.2) is 41.5 Å². The van der Waals surface area contributed by atoms with Crippen LogP contribution in [0, 0.1) is 0 Å². The van der Waals surface area contributed by atoms with Crippen molar-refractivity contribution in [1.29, 1.82) is 0 Å². The number of fused-ring (bicyclic) bond motifs is 1. The van der Waals surface area contributed by atoms with Gasteiger partial charge < -0.3 is 15.4 Å². The Balaban J connectivity index is 1.70. The average molecular weight is 302 g/mol. The normalized spacial score (nSPS) is 18.8. The van der Waals surface area contributed by atoms with Gasteiger partial charge in [0.2, 0.25) is 5.91 Å². The fraction of sp³-hybridized carbons (Fsp3) is 0.500. The first-order valence-electron chi connectivity index (χ1n) is 7.72. The number of hydrogen-bond donors (Lipinski definition) is 2. The van der Waals surface area contributed by atoms with Gasteiger partial charge in [0.05, 0.1) is 24.9 Å². The fourth-order valence-corrected chi connectivity index (χ4v) is 2.71. The van der Waals surface area contributed by atoms with E-state index in [0.29, 0.717) is 19.6 Å². The fourth-order valence-electron chi connectivity index (χ4n) is 2.71. The molecule has 1 saturated heterocycles. The highest BCUT2D eigenvalue weighted by atomic mass is 16.5. The summed E-state index contributed by atoms with van der Waals surface area (Å²) in [4.78, 5) is 12.1. The van der Waals surface area contributed by atoms with Gasteiger partial charge in [-0.3, -0.25) is 9.48 Å². The number of amides is 1. The van der Waals surface area contributed by atoms with Crippen LogP contribution >= 0.6 is 0 Å². The third kappa shape index (κ3) is 3.28. The molecule has 1 amide bonds. The molecule has 1 atom stereocenters. The van der Waals surface area contributed by atoms with E-state index in [1.165, 1.54) is 0 Å². The van der Waals surface area contributed by atoms with Gasteiger partial charge in [-0.15, -0.1) is 0 Å². The van der Waals surface area contributed by atoms with Gasteiger partial charge in [-0.2, -0.15) is 5.10 Å². The number of benzene rings is 1. The second-order valence-electron chi connectivity index (χ2n) is 5.93. The van der Waals surface area contributed by atoms with Gasteiger partial charge in [0.25, 0.3) is 0 Å². The zero-order valence-electron chi connectivity index (χ0n) is 13.0. The molecule has 22 heavy (non-hydrogen) atoms. The Morgan fingerprint density at radius 3 is 3.14 bits per heavy atom. The van der Waals surface area contributed by atoms with Crippen LogP contribution in [0.2, 0.25) is 0 Å². The van der Waals surface area contributed by atoms with Crippen LogP contribution in [0.1, 0.15) is 26.3 Å². The molecule has 1 aromatic carbocycles. The summed E-state index contributed by atoms with van der Waals surface area (Å²) in [7, 11) is 0. The molecule has 1 aromatic heterocycles. The zero-order chi connectivity index (χ0) is 15.5. The molecule has 1 aliphatic heterocycles. The van der Waals surface area contributed by atoms with Gasteiger partial charge in [0.15, 0.2) is 0 Å². The number of morpholine rings is 1. The Hall–Kier alpha value is -1.92. The lowest BCUT2D eigenvalue weighted by molar-refractivity contribution is -0.117. The second kappa shape index (κ2) is 6.46. The number of hydrogen-bond acceptors (Lipinski definition) is 4. The molecule has 0 aliphatic carbocycles. The Morgan fingerprint density at radius 1 is 1.55 bits per heavy atom. The van der Waals surface area contributed by atoms with Gasteiger partial charge >= 0.3 is 0 Å². The van der Waals surface area contributed by atoms with Gasteiger partial charge in [-0.1, -0.05) is 0 Å². The quantitative estimate of drug-likeness (QED) is 0.905. The first-order valence-corrected chi connectivity index (χ1v) is 7.72. The standard InChI is InChI=1S/C16H22N4O2/c1-11(2)20-15-7-13(4-3-12(15)9-18-20)19-16(21)8-14-10-22-6-5-17-14/h3-4,7,9,11,14,17H,5-6,8,10H2,1-2H3,(H,19,21). The first kappa shape index (κ1) is 15.0. The number of carbonyl (C=O) groups is 1. The van der Waals surface area contributed by atoms with Gasteiger partial charge in [0.1, 0.15) is 0 Å². The number of ether oxygens (including phenoxy) is 1. The van der Waals surface area contributed by atoms with E-state index < -0.39 is 0 Å². The van der Waals surface area contributed by atoms with Gasteiger partial charge in [-0.25, -0.2) is 0 Å². The minimum atomic E-state index is -0.00189. The molecular formula is C16H22N4O2. The molecule has 1 unspecified atom stereocenters. The monoisotopic (exact) mass is 302 g/mol. The summed E-state index contributed by atoms with van der Waals surface area (Å²) < 4.78 is 7.33. The third-order valence-corrected chi connectivity index (χ3v) is 3.80. The number of rotatable bonds is 4. The van der Waals surface area contributed by atoms with E-state index >= 15 is 0 Å². The van der Waals surface area contributed by atoms with Crippen LogP contribution in [0.25, 0.3) is 10.9 Å². The van der Waals surface area contributed by atoms with Crippen molar-refractivity contribution in [2.24, 2.45) is 0 Å². The van der Waals surface area contributed by atoms with Crippen molar-refractivity contribution in [3.63, 3.8) is 0 Å². The number of nitrogens with zero attached hydrogens (tertiary/aromatic N) is 2. The Bertz CT molecular complexity index is 659. The summed E-state index contributed by atoms with van der Waals surface area (Å²) in [6, 6.07) is 6.26. The van der Waals surface area contributed by atoms with Crippen molar-refractivity contribution in [2.45, 2.75) is 32.4 Å². The summed E-state index contributed by atoms with van der Waals surface area (Å²) in [5.74, 6) is -0.00189. The molecule has 118 valence electrons. The molecule has 1 aliphatic rings. The van der Waals surface area contributed by atoms with E-state index in [-0.39, 0.29) is 18.0 Å². The van der Waals surface area contributed by atoms with Crippen molar-refractivity contribution >= 4 is 22.5 Å². The lowest BCUT2D eigenvalue weighted by atomic mass is 10.2. The Kier molecular flexibility index (Phi) is 4.40. The van der Waals surface area contributed by atoms with E-state index in [9.17, 15) is 4.79 Å². The molecule has 0 spiro atoms. The van der Waals surface area contributed by atoms with Crippen molar-refractivity contribution < 1.29 is 9.53 Å². The Labute approximate surface area is 129 Å².